The molecular weight excluding hydrogens is 298 g/mol. The van der Waals surface area contributed by atoms with Crippen molar-refractivity contribution >= 4 is 36.4 Å². The van der Waals surface area contributed by atoms with Gasteiger partial charge in [-0.3, -0.25) is 4.90 Å². The number of nitrogens with one attached hydrogen (secondary N) is 1. The number of benzene rings is 1. The van der Waals surface area contributed by atoms with Crippen molar-refractivity contribution < 1.29 is 4.39 Å². The highest BCUT2D eigenvalue weighted by atomic mass is 35.5. The van der Waals surface area contributed by atoms with Gasteiger partial charge in [0.15, 0.2) is 0 Å². The molecule has 1 aromatic carbocycles. The lowest BCUT2D eigenvalue weighted by Gasteiger charge is -2.33. The van der Waals surface area contributed by atoms with Gasteiger partial charge in [-0.25, -0.2) is 4.39 Å². The summed E-state index contributed by atoms with van der Waals surface area (Å²) in [6.45, 7) is 5.86. The molecule has 1 aliphatic heterocycles. The van der Waals surface area contributed by atoms with Gasteiger partial charge in [0.05, 0.1) is 0 Å². The second-order valence-corrected chi connectivity index (χ2v) is 4.56. The van der Waals surface area contributed by atoms with Crippen molar-refractivity contribution in [2.45, 2.75) is 13.0 Å². The van der Waals surface area contributed by atoms with Gasteiger partial charge in [-0.05, 0) is 25.1 Å². The van der Waals surface area contributed by atoms with E-state index in [1.807, 2.05) is 6.92 Å². The minimum absolute atomic E-state index is 0. The van der Waals surface area contributed by atoms with E-state index in [0.717, 1.165) is 26.2 Å². The van der Waals surface area contributed by atoms with Crippen LogP contribution in [0, 0.1) is 5.82 Å². The molecule has 1 fully saturated rings. The molecule has 6 heteroatoms. The largest absolute Gasteiger partial charge is 0.314 e. The first-order valence-electron chi connectivity index (χ1n) is 5.58. The average Bonchev–Trinajstić information content (AvgIpc) is 2.32. The maximum atomic E-state index is 13.7. The fraction of sp³-hybridized carbons (Fsp3) is 0.500. The fourth-order valence-corrected chi connectivity index (χ4v) is 2.28. The summed E-state index contributed by atoms with van der Waals surface area (Å²) in [5.41, 5.74) is 0.689. The molecule has 2 nitrogen and oxygen atoms in total. The van der Waals surface area contributed by atoms with Crippen molar-refractivity contribution in [1.82, 2.24) is 10.2 Å². The van der Waals surface area contributed by atoms with Crippen molar-refractivity contribution in [3.05, 3.63) is 34.6 Å². The number of rotatable bonds is 2. The van der Waals surface area contributed by atoms with E-state index in [-0.39, 0.29) is 36.7 Å². The lowest BCUT2D eigenvalue weighted by atomic mass is 10.1. The van der Waals surface area contributed by atoms with Crippen LogP contribution in [0.25, 0.3) is 0 Å². The van der Waals surface area contributed by atoms with Gasteiger partial charge < -0.3 is 5.32 Å². The van der Waals surface area contributed by atoms with Crippen molar-refractivity contribution in [2.24, 2.45) is 0 Å². The normalized spacial score (nSPS) is 17.5. The number of piperazine rings is 1. The highest BCUT2D eigenvalue weighted by Crippen LogP contribution is 2.25. The lowest BCUT2D eigenvalue weighted by Crippen LogP contribution is -2.44. The number of hydrogen-bond donors (Lipinski definition) is 1. The van der Waals surface area contributed by atoms with Crippen molar-refractivity contribution in [2.75, 3.05) is 26.2 Å². The molecule has 0 spiro atoms. The molecular formula is C12H18Cl3FN2. The predicted molar refractivity (Wildman–Crippen MR) is 78.8 cm³/mol. The Balaban J connectivity index is 0.00000144. The predicted octanol–water partition coefficient (Wildman–Crippen LogP) is 3.29. The van der Waals surface area contributed by atoms with E-state index in [0.29, 0.717) is 10.6 Å². The van der Waals surface area contributed by atoms with E-state index in [2.05, 4.69) is 10.2 Å². The van der Waals surface area contributed by atoms with E-state index < -0.39 is 0 Å². The van der Waals surface area contributed by atoms with Crippen LogP contribution in [-0.2, 0) is 0 Å². The third-order valence-electron chi connectivity index (χ3n) is 3.11. The van der Waals surface area contributed by atoms with Crippen molar-refractivity contribution in [3.63, 3.8) is 0 Å². The summed E-state index contributed by atoms with van der Waals surface area (Å²) in [6, 6.07) is 4.84. The van der Waals surface area contributed by atoms with Crippen LogP contribution in [-0.4, -0.2) is 31.1 Å². The maximum absolute atomic E-state index is 13.7. The van der Waals surface area contributed by atoms with Crippen LogP contribution in [0.15, 0.2) is 18.2 Å². The summed E-state index contributed by atoms with van der Waals surface area (Å²) >= 11 is 5.90. The van der Waals surface area contributed by atoms with E-state index in [9.17, 15) is 4.39 Å². The molecule has 0 amide bonds. The third kappa shape index (κ3) is 4.25. The SMILES string of the molecule is C[C@@H](c1cc(Cl)ccc1F)N1CCNCC1.Cl.Cl. The lowest BCUT2D eigenvalue weighted by molar-refractivity contribution is 0.182. The van der Waals surface area contributed by atoms with Gasteiger partial charge in [-0.15, -0.1) is 24.8 Å². The minimum atomic E-state index is -0.171. The Morgan fingerprint density at radius 3 is 2.50 bits per heavy atom. The van der Waals surface area contributed by atoms with Crippen LogP contribution in [0.2, 0.25) is 5.02 Å². The first kappa shape index (κ1) is 17.9. The van der Waals surface area contributed by atoms with Crippen molar-refractivity contribution in [1.29, 1.82) is 0 Å². The monoisotopic (exact) mass is 314 g/mol. The van der Waals surface area contributed by atoms with Gasteiger partial charge in [0.1, 0.15) is 5.82 Å². The molecule has 104 valence electrons. The zero-order valence-electron chi connectivity index (χ0n) is 10.2. The molecule has 0 bridgehead atoms. The van der Waals surface area contributed by atoms with Gasteiger partial charge in [0, 0.05) is 42.8 Å². The van der Waals surface area contributed by atoms with Crippen LogP contribution in [0.1, 0.15) is 18.5 Å². The molecule has 1 aliphatic rings. The van der Waals surface area contributed by atoms with Crippen molar-refractivity contribution in [3.8, 4) is 0 Å². The average molecular weight is 316 g/mol. The van der Waals surface area contributed by atoms with Gasteiger partial charge in [-0.2, -0.15) is 0 Å². The van der Waals surface area contributed by atoms with Crippen LogP contribution >= 0.6 is 36.4 Å². The van der Waals surface area contributed by atoms with E-state index in [1.54, 1.807) is 12.1 Å². The van der Waals surface area contributed by atoms with Gasteiger partial charge in [0.25, 0.3) is 0 Å². The summed E-state index contributed by atoms with van der Waals surface area (Å²) in [5.74, 6) is -0.171. The molecule has 1 saturated heterocycles. The molecule has 0 aromatic heterocycles. The molecule has 1 atom stereocenters. The third-order valence-corrected chi connectivity index (χ3v) is 3.34. The molecule has 0 saturated carbocycles. The topological polar surface area (TPSA) is 15.3 Å². The zero-order chi connectivity index (χ0) is 11.5. The molecule has 0 aliphatic carbocycles. The maximum Gasteiger partial charge on any atom is 0.128 e. The summed E-state index contributed by atoms with van der Waals surface area (Å²) in [6.07, 6.45) is 0. The number of hydrogen-bond acceptors (Lipinski definition) is 2. The summed E-state index contributed by atoms with van der Waals surface area (Å²) in [7, 11) is 0. The molecule has 1 N–H and O–H groups in total. The Hall–Kier alpha value is -0.0600. The van der Waals surface area contributed by atoms with E-state index >= 15 is 0 Å². The molecule has 0 radical (unpaired) electrons. The van der Waals surface area contributed by atoms with Gasteiger partial charge in [-0.1, -0.05) is 11.6 Å². The Labute approximate surface area is 125 Å². The highest BCUT2D eigenvalue weighted by Gasteiger charge is 2.20. The summed E-state index contributed by atoms with van der Waals surface area (Å²) in [5, 5.41) is 3.88. The second-order valence-electron chi connectivity index (χ2n) is 4.13. The first-order chi connectivity index (χ1) is 7.68. The van der Waals surface area contributed by atoms with Gasteiger partial charge in [0.2, 0.25) is 0 Å². The Morgan fingerprint density at radius 1 is 1.28 bits per heavy atom. The number of nitrogens with zero attached hydrogens (tertiary/aromatic N) is 1. The Morgan fingerprint density at radius 2 is 1.89 bits per heavy atom. The smallest absolute Gasteiger partial charge is 0.128 e. The molecule has 1 heterocycles. The molecule has 2 rings (SSSR count). The molecule has 0 unspecified atom stereocenters. The minimum Gasteiger partial charge on any atom is -0.314 e. The molecule has 18 heavy (non-hydrogen) atoms. The quantitative estimate of drug-likeness (QED) is 0.901. The van der Waals surface area contributed by atoms with Crippen LogP contribution < -0.4 is 5.32 Å². The summed E-state index contributed by atoms with van der Waals surface area (Å²) in [4.78, 5) is 2.27. The van der Waals surface area contributed by atoms with E-state index in [1.165, 1.54) is 6.07 Å². The fourth-order valence-electron chi connectivity index (χ4n) is 2.10. The van der Waals surface area contributed by atoms with Crippen LogP contribution in [0.4, 0.5) is 4.39 Å². The highest BCUT2D eigenvalue weighted by molar-refractivity contribution is 6.30. The zero-order valence-corrected chi connectivity index (χ0v) is 12.5. The van der Waals surface area contributed by atoms with Crippen LogP contribution in [0.5, 0.6) is 0 Å². The van der Waals surface area contributed by atoms with Crippen LogP contribution in [0.3, 0.4) is 0 Å². The Kier molecular flexibility index (Phi) is 8.15. The van der Waals surface area contributed by atoms with Gasteiger partial charge >= 0.3 is 0 Å². The Bertz CT molecular complexity index is 370. The van der Waals surface area contributed by atoms with E-state index in [4.69, 9.17) is 11.6 Å². The summed E-state index contributed by atoms with van der Waals surface area (Å²) < 4.78 is 13.7. The first-order valence-corrected chi connectivity index (χ1v) is 5.96. The second kappa shape index (κ2) is 8.18. The number of halogens is 4. The standard InChI is InChI=1S/C12H16ClFN2.2ClH/c1-9(16-6-4-15-5-7-16)11-8-10(13)2-3-12(11)14;;/h2-3,8-9,15H,4-7H2,1H3;2*1H/t9-;;/m0../s1. The molecule has 1 aromatic rings.